The Labute approximate surface area is 138 Å². The summed E-state index contributed by atoms with van der Waals surface area (Å²) in [6.07, 6.45) is 0. The molecule has 2 aromatic rings. The lowest BCUT2D eigenvalue weighted by Crippen LogP contribution is -2.45. The summed E-state index contributed by atoms with van der Waals surface area (Å²) in [6, 6.07) is 7.37. The van der Waals surface area contributed by atoms with Crippen LogP contribution in [0.1, 0.15) is 5.82 Å². The second kappa shape index (κ2) is 6.02. The molecule has 0 aliphatic carbocycles. The highest BCUT2D eigenvalue weighted by molar-refractivity contribution is 7.91. The summed E-state index contributed by atoms with van der Waals surface area (Å²) < 4.78 is 23.0. The van der Waals surface area contributed by atoms with Gasteiger partial charge in [-0.1, -0.05) is 12.1 Å². The maximum absolute atomic E-state index is 11.5. The van der Waals surface area contributed by atoms with E-state index in [4.69, 9.17) is 23.8 Å². The van der Waals surface area contributed by atoms with Crippen LogP contribution < -0.4 is 10.6 Å². The van der Waals surface area contributed by atoms with Gasteiger partial charge in [-0.25, -0.2) is 13.4 Å². The lowest BCUT2D eigenvalue weighted by molar-refractivity contribution is 0.600. The van der Waals surface area contributed by atoms with E-state index >= 15 is 0 Å². The molecule has 0 saturated carbocycles. The van der Waals surface area contributed by atoms with Gasteiger partial charge in [0.25, 0.3) is 0 Å². The number of rotatable bonds is 3. The molecule has 1 fully saturated rings. The number of hydrogen-bond donors (Lipinski definition) is 3. The van der Waals surface area contributed by atoms with E-state index in [-0.39, 0.29) is 17.5 Å². The van der Waals surface area contributed by atoms with Crippen molar-refractivity contribution in [2.24, 2.45) is 0 Å². The Kier molecular flexibility index (Phi) is 4.24. The molecule has 9 heteroatoms. The zero-order chi connectivity index (χ0) is 15.7. The molecule has 6 nitrogen and oxygen atoms in total. The summed E-state index contributed by atoms with van der Waals surface area (Å²) in [5, 5.41) is 5.87. The quantitative estimate of drug-likeness (QED) is 0.559. The van der Waals surface area contributed by atoms with Gasteiger partial charge in [-0.05, 0) is 24.4 Å². The first kappa shape index (κ1) is 15.5. The number of nitrogens with zero attached hydrogens (tertiary/aromatic N) is 1. The summed E-state index contributed by atoms with van der Waals surface area (Å²) in [4.78, 5) is 7.61. The molecule has 1 aliphatic heterocycles. The van der Waals surface area contributed by atoms with E-state index in [1.807, 2.05) is 24.3 Å². The number of nitrogens with one attached hydrogen (secondary N) is 3. The second-order valence-electron chi connectivity index (χ2n) is 5.23. The molecule has 22 heavy (non-hydrogen) atoms. The van der Waals surface area contributed by atoms with Crippen LogP contribution in [0.3, 0.4) is 0 Å². The van der Waals surface area contributed by atoms with Crippen molar-refractivity contribution < 1.29 is 8.42 Å². The molecule has 3 rings (SSSR count). The number of imidazole rings is 1. The summed E-state index contributed by atoms with van der Waals surface area (Å²) >= 11 is 11.2. The molecule has 3 N–H and O–H groups in total. The standard InChI is InChI=1S/C13H15ClN4O2S2/c14-8-6-22(19,20)7-11(8)18-13(21)15-5-12-16-9-3-1-2-4-10(9)17-12/h1-4,8,11H,5-7H2,(H,16,17)(H2,15,18,21)/t8-,11+/m1/s1. The van der Waals surface area contributed by atoms with Crippen LogP contribution in [-0.2, 0) is 16.4 Å². The smallest absolute Gasteiger partial charge is 0.166 e. The first-order valence-corrected chi connectivity index (χ1v) is 9.42. The topological polar surface area (TPSA) is 86.9 Å². The molecular formula is C13H15ClN4O2S2. The van der Waals surface area contributed by atoms with E-state index < -0.39 is 15.2 Å². The number of thiocarbonyl (C=S) groups is 1. The first-order valence-electron chi connectivity index (χ1n) is 6.75. The molecule has 0 spiro atoms. The average Bonchev–Trinajstić information content (AvgIpc) is 2.96. The van der Waals surface area contributed by atoms with Crippen LogP contribution in [0.4, 0.5) is 0 Å². The molecule has 118 valence electrons. The van der Waals surface area contributed by atoms with E-state index in [0.29, 0.717) is 11.7 Å². The average molecular weight is 359 g/mol. The van der Waals surface area contributed by atoms with Gasteiger partial charge in [0.2, 0.25) is 0 Å². The SMILES string of the molecule is O=S1(=O)C[C@@H](Cl)[C@@H](NC(=S)NCc2nc3ccccc3[nH]2)C1. The van der Waals surface area contributed by atoms with Gasteiger partial charge in [0.15, 0.2) is 14.9 Å². The molecule has 1 aromatic carbocycles. The van der Waals surface area contributed by atoms with E-state index in [0.717, 1.165) is 16.9 Å². The number of halogens is 1. The maximum Gasteiger partial charge on any atom is 0.166 e. The van der Waals surface area contributed by atoms with Gasteiger partial charge in [-0.15, -0.1) is 11.6 Å². The minimum absolute atomic E-state index is 0.00756. The number of fused-ring (bicyclic) bond motifs is 1. The van der Waals surface area contributed by atoms with E-state index in [2.05, 4.69) is 20.6 Å². The normalized spacial score (nSPS) is 23.5. The Morgan fingerprint density at radius 2 is 2.18 bits per heavy atom. The van der Waals surface area contributed by atoms with Crippen molar-refractivity contribution in [2.45, 2.75) is 18.0 Å². The van der Waals surface area contributed by atoms with Crippen LogP contribution in [-0.4, -0.2) is 46.4 Å². The monoisotopic (exact) mass is 358 g/mol. The van der Waals surface area contributed by atoms with Crippen molar-refractivity contribution in [1.29, 1.82) is 0 Å². The zero-order valence-corrected chi connectivity index (χ0v) is 13.9. The van der Waals surface area contributed by atoms with Crippen LogP contribution >= 0.6 is 23.8 Å². The van der Waals surface area contributed by atoms with Crippen molar-refractivity contribution >= 4 is 49.8 Å². The molecule has 0 unspecified atom stereocenters. The summed E-state index contributed by atoms with van der Waals surface area (Å²) in [7, 11) is -3.08. The summed E-state index contributed by atoms with van der Waals surface area (Å²) in [5.74, 6) is 0.748. The first-order chi connectivity index (χ1) is 10.4. The van der Waals surface area contributed by atoms with E-state index in [1.165, 1.54) is 0 Å². The molecule has 2 atom stereocenters. The van der Waals surface area contributed by atoms with Gasteiger partial charge < -0.3 is 15.6 Å². The second-order valence-corrected chi connectivity index (χ2v) is 8.35. The molecule has 0 radical (unpaired) electrons. The zero-order valence-electron chi connectivity index (χ0n) is 11.5. The molecule has 1 aliphatic rings. The fourth-order valence-electron chi connectivity index (χ4n) is 2.41. The molecule has 1 aromatic heterocycles. The minimum atomic E-state index is -3.08. The van der Waals surface area contributed by atoms with E-state index in [9.17, 15) is 8.42 Å². The molecule has 1 saturated heterocycles. The van der Waals surface area contributed by atoms with Crippen LogP contribution in [0.25, 0.3) is 11.0 Å². The summed E-state index contributed by atoms with van der Waals surface area (Å²) in [5.41, 5.74) is 1.85. The van der Waals surface area contributed by atoms with Crippen molar-refractivity contribution in [3.05, 3.63) is 30.1 Å². The number of sulfone groups is 1. The Morgan fingerprint density at radius 3 is 2.86 bits per heavy atom. The lowest BCUT2D eigenvalue weighted by Gasteiger charge is -2.17. The lowest BCUT2D eigenvalue weighted by atomic mass is 10.2. The van der Waals surface area contributed by atoms with Gasteiger partial charge in [0.1, 0.15) is 5.82 Å². The summed E-state index contributed by atoms with van der Waals surface area (Å²) in [6.45, 7) is 0.424. The van der Waals surface area contributed by atoms with Gasteiger partial charge >= 0.3 is 0 Å². The number of aromatic nitrogens is 2. The third-order valence-electron chi connectivity index (χ3n) is 3.45. The number of H-pyrrole nitrogens is 1. The highest BCUT2D eigenvalue weighted by atomic mass is 35.5. The molecule has 0 bridgehead atoms. The number of benzene rings is 1. The fraction of sp³-hybridized carbons (Fsp3) is 0.385. The van der Waals surface area contributed by atoms with Gasteiger partial charge in [0.05, 0.1) is 40.5 Å². The van der Waals surface area contributed by atoms with Crippen molar-refractivity contribution in [3.8, 4) is 0 Å². The van der Waals surface area contributed by atoms with Crippen LogP contribution in [0, 0.1) is 0 Å². The highest BCUT2D eigenvalue weighted by Crippen LogP contribution is 2.17. The Balaban J connectivity index is 1.56. The molecule has 0 amide bonds. The van der Waals surface area contributed by atoms with Crippen molar-refractivity contribution in [3.63, 3.8) is 0 Å². The van der Waals surface area contributed by atoms with Gasteiger partial charge in [-0.2, -0.15) is 0 Å². The predicted molar refractivity (Wildman–Crippen MR) is 90.7 cm³/mol. The highest BCUT2D eigenvalue weighted by Gasteiger charge is 2.36. The Morgan fingerprint density at radius 1 is 1.41 bits per heavy atom. The Bertz CT molecular complexity index is 772. The number of alkyl halides is 1. The van der Waals surface area contributed by atoms with Crippen LogP contribution in [0.5, 0.6) is 0 Å². The minimum Gasteiger partial charge on any atom is -0.357 e. The molecular weight excluding hydrogens is 344 g/mol. The predicted octanol–water partition coefficient (Wildman–Crippen LogP) is 0.931. The van der Waals surface area contributed by atoms with Gasteiger partial charge in [0, 0.05) is 0 Å². The van der Waals surface area contributed by atoms with Gasteiger partial charge in [-0.3, -0.25) is 0 Å². The third kappa shape index (κ3) is 3.50. The van der Waals surface area contributed by atoms with E-state index in [1.54, 1.807) is 0 Å². The maximum atomic E-state index is 11.5. The van der Waals surface area contributed by atoms with Crippen molar-refractivity contribution in [2.75, 3.05) is 11.5 Å². The third-order valence-corrected chi connectivity index (χ3v) is 6.09. The number of hydrogen-bond acceptors (Lipinski definition) is 4. The number of para-hydroxylation sites is 2. The largest absolute Gasteiger partial charge is 0.357 e. The Hall–Kier alpha value is -1.38. The fourth-order valence-corrected chi connectivity index (χ4v) is 5.18. The van der Waals surface area contributed by atoms with Crippen LogP contribution in [0.15, 0.2) is 24.3 Å². The van der Waals surface area contributed by atoms with Crippen LogP contribution in [0.2, 0.25) is 0 Å². The van der Waals surface area contributed by atoms with Crippen molar-refractivity contribution in [1.82, 2.24) is 20.6 Å². The molecule has 2 heterocycles. The number of aromatic amines is 1.